The van der Waals surface area contributed by atoms with Crippen LogP contribution in [0.1, 0.15) is 5.56 Å². The van der Waals surface area contributed by atoms with Gasteiger partial charge in [-0.3, -0.25) is 0 Å². The SMILES string of the molecule is Cc1ccccc1-c1cccc(-c2ccc3c(c2)c2ccccc2n3-c2ccc3sc4ccccc4c3c2)c1. The molecule has 0 amide bonds. The van der Waals surface area contributed by atoms with Gasteiger partial charge in [0.25, 0.3) is 0 Å². The maximum atomic E-state index is 2.42. The van der Waals surface area contributed by atoms with Gasteiger partial charge in [-0.15, -0.1) is 11.3 Å². The van der Waals surface area contributed by atoms with Crippen LogP contribution in [0.15, 0.2) is 133 Å². The number of thiophene rings is 1. The molecule has 0 aliphatic carbocycles. The smallest absolute Gasteiger partial charge is 0.0541 e. The molecule has 0 saturated carbocycles. The summed E-state index contributed by atoms with van der Waals surface area (Å²) in [6.45, 7) is 2.18. The molecule has 2 heteroatoms. The third kappa shape index (κ3) is 3.53. The molecule has 2 heterocycles. The van der Waals surface area contributed by atoms with Crippen molar-refractivity contribution >= 4 is 53.3 Å². The molecule has 0 bridgehead atoms. The molecule has 8 aromatic rings. The Balaban J connectivity index is 1.33. The molecule has 0 spiro atoms. The average molecular weight is 516 g/mol. The molecule has 0 radical (unpaired) electrons. The summed E-state index contributed by atoms with van der Waals surface area (Å²) >= 11 is 1.87. The standard InChI is InChI=1S/C37H25NS/c1-24-9-2-3-12-29(24)27-11-8-10-25(21-27)26-17-19-35-32(22-26)30-13-4-6-15-34(30)38(35)28-18-20-37-33(23-28)31-14-5-7-16-36(31)39-37/h2-23H,1H3. The van der Waals surface area contributed by atoms with E-state index in [1.54, 1.807) is 0 Å². The third-order valence-corrected chi connectivity index (χ3v) is 9.09. The molecule has 2 aromatic heterocycles. The van der Waals surface area contributed by atoms with Crippen molar-refractivity contribution in [3.05, 3.63) is 139 Å². The van der Waals surface area contributed by atoms with Gasteiger partial charge in [-0.2, -0.15) is 0 Å². The fourth-order valence-corrected chi connectivity index (χ4v) is 7.13. The predicted molar refractivity (Wildman–Crippen MR) is 169 cm³/mol. The molecule has 0 unspecified atom stereocenters. The van der Waals surface area contributed by atoms with E-state index < -0.39 is 0 Å². The van der Waals surface area contributed by atoms with E-state index in [0.29, 0.717) is 0 Å². The Hall–Kier alpha value is -4.66. The first kappa shape index (κ1) is 22.3. The van der Waals surface area contributed by atoms with Crippen LogP contribution >= 0.6 is 11.3 Å². The van der Waals surface area contributed by atoms with Gasteiger partial charge in [0.15, 0.2) is 0 Å². The Labute approximate surface area is 231 Å². The number of hydrogen-bond donors (Lipinski definition) is 0. The third-order valence-electron chi connectivity index (χ3n) is 7.94. The Morgan fingerprint density at radius 1 is 0.462 bits per heavy atom. The van der Waals surface area contributed by atoms with Gasteiger partial charge in [-0.25, -0.2) is 0 Å². The largest absolute Gasteiger partial charge is 0.309 e. The van der Waals surface area contributed by atoms with E-state index in [0.717, 1.165) is 0 Å². The number of fused-ring (bicyclic) bond motifs is 6. The van der Waals surface area contributed by atoms with Crippen LogP contribution in [-0.2, 0) is 0 Å². The molecule has 0 aliphatic heterocycles. The van der Waals surface area contributed by atoms with E-state index in [4.69, 9.17) is 0 Å². The topological polar surface area (TPSA) is 4.93 Å². The highest BCUT2D eigenvalue weighted by Crippen LogP contribution is 2.39. The molecular weight excluding hydrogens is 490 g/mol. The number of rotatable bonds is 3. The minimum atomic E-state index is 1.20. The zero-order valence-corrected chi connectivity index (χ0v) is 22.4. The Morgan fingerprint density at radius 3 is 2.10 bits per heavy atom. The number of aryl methyl sites for hydroxylation is 1. The van der Waals surface area contributed by atoms with Gasteiger partial charge in [-0.1, -0.05) is 84.9 Å². The summed E-state index contributed by atoms with van der Waals surface area (Å²) in [6, 6.07) is 48.9. The van der Waals surface area contributed by atoms with E-state index in [9.17, 15) is 0 Å². The van der Waals surface area contributed by atoms with Crippen LogP contribution in [0.4, 0.5) is 0 Å². The lowest BCUT2D eigenvalue weighted by atomic mass is 9.96. The van der Waals surface area contributed by atoms with E-state index >= 15 is 0 Å². The van der Waals surface area contributed by atoms with Gasteiger partial charge in [0.1, 0.15) is 0 Å². The Morgan fingerprint density at radius 2 is 1.18 bits per heavy atom. The molecule has 0 atom stereocenters. The highest BCUT2D eigenvalue weighted by molar-refractivity contribution is 7.25. The van der Waals surface area contributed by atoms with Crippen LogP contribution in [0, 0.1) is 6.92 Å². The molecule has 0 fully saturated rings. The summed E-state index contributed by atoms with van der Waals surface area (Å²) in [4.78, 5) is 0. The second-order valence-corrected chi connectivity index (χ2v) is 11.3. The van der Waals surface area contributed by atoms with Crippen molar-refractivity contribution < 1.29 is 0 Å². The average Bonchev–Trinajstić information content (AvgIpc) is 3.52. The first-order valence-electron chi connectivity index (χ1n) is 13.4. The second kappa shape index (κ2) is 8.69. The van der Waals surface area contributed by atoms with Crippen molar-refractivity contribution in [3.63, 3.8) is 0 Å². The number of para-hydroxylation sites is 1. The van der Waals surface area contributed by atoms with Crippen LogP contribution in [0.25, 0.3) is 69.9 Å². The van der Waals surface area contributed by atoms with Crippen molar-refractivity contribution in [1.29, 1.82) is 0 Å². The Bertz CT molecular complexity index is 2190. The lowest BCUT2D eigenvalue weighted by Gasteiger charge is -2.10. The molecule has 0 aliphatic rings. The van der Waals surface area contributed by atoms with E-state index in [1.807, 2.05) is 11.3 Å². The van der Waals surface area contributed by atoms with Gasteiger partial charge in [0, 0.05) is 36.6 Å². The number of aromatic nitrogens is 1. The quantitative estimate of drug-likeness (QED) is 0.220. The minimum Gasteiger partial charge on any atom is -0.309 e. The number of benzene rings is 6. The molecule has 6 aromatic carbocycles. The van der Waals surface area contributed by atoms with Gasteiger partial charge >= 0.3 is 0 Å². The summed E-state index contributed by atoms with van der Waals surface area (Å²) in [5, 5.41) is 5.21. The van der Waals surface area contributed by atoms with E-state index in [2.05, 4.69) is 145 Å². The number of hydrogen-bond acceptors (Lipinski definition) is 1. The van der Waals surface area contributed by atoms with Gasteiger partial charge in [-0.05, 0) is 83.3 Å². The van der Waals surface area contributed by atoms with Crippen LogP contribution < -0.4 is 0 Å². The predicted octanol–water partition coefficient (Wildman–Crippen LogP) is 10.8. The van der Waals surface area contributed by atoms with E-state index in [1.165, 1.54) is 75.5 Å². The Kier molecular flexibility index (Phi) is 4.98. The molecule has 8 rings (SSSR count). The van der Waals surface area contributed by atoms with Gasteiger partial charge in [0.05, 0.1) is 11.0 Å². The normalized spacial score (nSPS) is 11.7. The first-order valence-corrected chi connectivity index (χ1v) is 14.2. The second-order valence-electron chi connectivity index (χ2n) is 10.3. The van der Waals surface area contributed by atoms with Crippen molar-refractivity contribution in [2.75, 3.05) is 0 Å². The molecule has 1 nitrogen and oxygen atoms in total. The van der Waals surface area contributed by atoms with Crippen molar-refractivity contribution in [3.8, 4) is 27.9 Å². The van der Waals surface area contributed by atoms with E-state index in [-0.39, 0.29) is 0 Å². The summed E-state index contributed by atoms with van der Waals surface area (Å²) in [6.07, 6.45) is 0. The molecular formula is C37H25NS. The summed E-state index contributed by atoms with van der Waals surface area (Å²) in [5.41, 5.74) is 9.97. The van der Waals surface area contributed by atoms with Crippen LogP contribution in [0.2, 0.25) is 0 Å². The summed E-state index contributed by atoms with van der Waals surface area (Å²) in [7, 11) is 0. The van der Waals surface area contributed by atoms with Crippen LogP contribution in [0.3, 0.4) is 0 Å². The van der Waals surface area contributed by atoms with Crippen molar-refractivity contribution in [2.45, 2.75) is 6.92 Å². The summed E-state index contributed by atoms with van der Waals surface area (Å²) in [5.74, 6) is 0. The molecule has 0 saturated heterocycles. The number of nitrogens with zero attached hydrogens (tertiary/aromatic N) is 1. The summed E-state index contributed by atoms with van der Waals surface area (Å²) < 4.78 is 5.09. The fourth-order valence-electron chi connectivity index (χ4n) is 6.05. The fraction of sp³-hybridized carbons (Fsp3) is 0.0270. The van der Waals surface area contributed by atoms with Crippen LogP contribution in [-0.4, -0.2) is 4.57 Å². The zero-order valence-electron chi connectivity index (χ0n) is 21.6. The maximum Gasteiger partial charge on any atom is 0.0541 e. The highest BCUT2D eigenvalue weighted by Gasteiger charge is 2.15. The van der Waals surface area contributed by atoms with Gasteiger partial charge < -0.3 is 4.57 Å². The lowest BCUT2D eigenvalue weighted by Crippen LogP contribution is -1.93. The first-order chi connectivity index (χ1) is 19.2. The molecule has 39 heavy (non-hydrogen) atoms. The molecule has 184 valence electrons. The lowest BCUT2D eigenvalue weighted by molar-refractivity contribution is 1.19. The van der Waals surface area contributed by atoms with Crippen molar-refractivity contribution in [2.24, 2.45) is 0 Å². The maximum absolute atomic E-state index is 2.42. The highest BCUT2D eigenvalue weighted by atomic mass is 32.1. The molecule has 0 N–H and O–H groups in total. The zero-order chi connectivity index (χ0) is 25.9. The van der Waals surface area contributed by atoms with Crippen LogP contribution in [0.5, 0.6) is 0 Å². The van der Waals surface area contributed by atoms with Gasteiger partial charge in [0.2, 0.25) is 0 Å². The monoisotopic (exact) mass is 515 g/mol. The minimum absolute atomic E-state index is 1.20. The van der Waals surface area contributed by atoms with Crippen molar-refractivity contribution in [1.82, 2.24) is 4.57 Å².